The van der Waals surface area contributed by atoms with E-state index in [-0.39, 0.29) is 0 Å². The average Bonchev–Trinajstić information content (AvgIpc) is 2.35. The van der Waals surface area contributed by atoms with Crippen LogP contribution >= 0.6 is 31.9 Å². The van der Waals surface area contributed by atoms with Gasteiger partial charge in [0.15, 0.2) is 5.75 Å². The summed E-state index contributed by atoms with van der Waals surface area (Å²) in [6.45, 7) is 1.62. The van der Waals surface area contributed by atoms with Crippen molar-refractivity contribution < 1.29 is 9.84 Å². The Morgan fingerprint density at radius 1 is 0.944 bits per heavy atom. The van der Waals surface area contributed by atoms with Gasteiger partial charge >= 0.3 is 0 Å². The van der Waals surface area contributed by atoms with Gasteiger partial charge in [0.2, 0.25) is 5.79 Å². The van der Waals surface area contributed by atoms with Crippen molar-refractivity contribution in [3.63, 3.8) is 0 Å². The first-order valence-electron chi connectivity index (χ1n) is 5.41. The number of halogens is 2. The second kappa shape index (κ2) is 5.43. The summed E-state index contributed by atoms with van der Waals surface area (Å²) in [5.41, 5.74) is 0.702. The van der Waals surface area contributed by atoms with Gasteiger partial charge in [-0.05, 0) is 44.0 Å². The predicted molar refractivity (Wildman–Crippen MR) is 78.5 cm³/mol. The van der Waals surface area contributed by atoms with Crippen molar-refractivity contribution >= 4 is 31.9 Å². The minimum atomic E-state index is -1.38. The third-order valence-corrected chi connectivity index (χ3v) is 3.78. The molecule has 2 aromatic carbocycles. The molecule has 2 rings (SSSR count). The molecule has 0 bridgehead atoms. The number of para-hydroxylation sites is 1. The molecule has 0 aliphatic heterocycles. The molecule has 2 aromatic rings. The highest BCUT2D eigenvalue weighted by atomic mass is 79.9. The number of aliphatic hydroxyl groups is 1. The van der Waals surface area contributed by atoms with Crippen LogP contribution in [0.4, 0.5) is 0 Å². The molecule has 2 nitrogen and oxygen atoms in total. The maximum Gasteiger partial charge on any atom is 0.232 e. The molecule has 0 aliphatic rings. The fourth-order valence-electron chi connectivity index (χ4n) is 1.59. The summed E-state index contributed by atoms with van der Waals surface area (Å²) < 4.78 is 7.28. The number of benzene rings is 2. The Morgan fingerprint density at radius 2 is 1.50 bits per heavy atom. The van der Waals surface area contributed by atoms with E-state index in [4.69, 9.17) is 4.74 Å². The van der Waals surface area contributed by atoms with E-state index in [2.05, 4.69) is 31.9 Å². The first-order valence-corrected chi connectivity index (χ1v) is 7.00. The van der Waals surface area contributed by atoms with Crippen LogP contribution in [0.2, 0.25) is 0 Å². The molecule has 0 radical (unpaired) electrons. The minimum Gasteiger partial charge on any atom is -0.456 e. The first-order chi connectivity index (χ1) is 8.50. The molecule has 0 fully saturated rings. The number of hydrogen-bond acceptors (Lipinski definition) is 2. The summed E-state index contributed by atoms with van der Waals surface area (Å²) in [5, 5.41) is 10.4. The Bertz CT molecular complexity index is 518. The summed E-state index contributed by atoms with van der Waals surface area (Å²) in [5.74, 6) is -0.806. The van der Waals surface area contributed by atoms with E-state index >= 15 is 0 Å². The van der Waals surface area contributed by atoms with Gasteiger partial charge in [-0.1, -0.05) is 36.4 Å². The molecule has 1 unspecified atom stereocenters. The van der Waals surface area contributed by atoms with Crippen molar-refractivity contribution in [1.82, 2.24) is 0 Å². The van der Waals surface area contributed by atoms with E-state index < -0.39 is 5.79 Å². The summed E-state index contributed by atoms with van der Waals surface area (Å²) >= 11 is 6.81. The van der Waals surface area contributed by atoms with E-state index in [9.17, 15) is 5.11 Å². The average molecular weight is 372 g/mol. The second-order valence-electron chi connectivity index (χ2n) is 4.00. The van der Waals surface area contributed by atoms with Crippen LogP contribution in [-0.4, -0.2) is 5.11 Å². The molecule has 0 spiro atoms. The van der Waals surface area contributed by atoms with Gasteiger partial charge in [0.05, 0.1) is 8.95 Å². The Morgan fingerprint density at radius 3 is 2.06 bits per heavy atom. The van der Waals surface area contributed by atoms with Gasteiger partial charge in [0.25, 0.3) is 0 Å². The van der Waals surface area contributed by atoms with Crippen molar-refractivity contribution in [3.8, 4) is 5.75 Å². The smallest absolute Gasteiger partial charge is 0.232 e. The largest absolute Gasteiger partial charge is 0.456 e. The Labute approximate surface area is 123 Å². The SMILES string of the molecule is CC(O)(Oc1c(Br)cccc1Br)c1ccccc1. The lowest BCUT2D eigenvalue weighted by Crippen LogP contribution is -2.29. The molecular formula is C14H12Br2O2. The Kier molecular flexibility index (Phi) is 4.10. The van der Waals surface area contributed by atoms with Gasteiger partial charge in [0, 0.05) is 12.5 Å². The fourth-order valence-corrected chi connectivity index (χ4v) is 2.75. The van der Waals surface area contributed by atoms with Gasteiger partial charge in [-0.25, -0.2) is 0 Å². The number of ether oxygens (including phenoxy) is 1. The molecule has 18 heavy (non-hydrogen) atoms. The van der Waals surface area contributed by atoms with Crippen molar-refractivity contribution in [2.75, 3.05) is 0 Å². The third kappa shape index (κ3) is 2.94. The highest BCUT2D eigenvalue weighted by Gasteiger charge is 2.26. The zero-order valence-corrected chi connectivity index (χ0v) is 12.9. The zero-order chi connectivity index (χ0) is 13.2. The lowest BCUT2D eigenvalue weighted by Gasteiger charge is -2.26. The third-order valence-electron chi connectivity index (χ3n) is 2.53. The highest BCUT2D eigenvalue weighted by Crippen LogP contribution is 2.37. The molecule has 0 aromatic heterocycles. The maximum atomic E-state index is 10.4. The Balaban J connectivity index is 2.34. The van der Waals surface area contributed by atoms with E-state index in [1.54, 1.807) is 6.92 Å². The first kappa shape index (κ1) is 13.6. The molecule has 1 atom stereocenters. The molecule has 94 valence electrons. The molecule has 4 heteroatoms. The van der Waals surface area contributed by atoms with Crippen molar-refractivity contribution in [2.45, 2.75) is 12.7 Å². The van der Waals surface area contributed by atoms with E-state index in [1.807, 2.05) is 48.5 Å². The van der Waals surface area contributed by atoms with Gasteiger partial charge in [-0.3, -0.25) is 0 Å². The standard InChI is InChI=1S/C14H12Br2O2/c1-14(17,10-6-3-2-4-7-10)18-13-11(15)8-5-9-12(13)16/h2-9,17H,1H3. The summed E-state index contributed by atoms with van der Waals surface area (Å²) in [6.07, 6.45) is 0. The van der Waals surface area contributed by atoms with Crippen molar-refractivity contribution in [1.29, 1.82) is 0 Å². The van der Waals surface area contributed by atoms with Crippen LogP contribution < -0.4 is 4.74 Å². The van der Waals surface area contributed by atoms with Crippen LogP contribution in [0.3, 0.4) is 0 Å². The summed E-state index contributed by atoms with van der Waals surface area (Å²) in [4.78, 5) is 0. The molecule has 1 N–H and O–H groups in total. The molecule has 0 saturated heterocycles. The molecule has 0 aliphatic carbocycles. The number of hydrogen-bond donors (Lipinski definition) is 1. The number of rotatable bonds is 3. The van der Waals surface area contributed by atoms with Crippen LogP contribution in [-0.2, 0) is 5.79 Å². The van der Waals surface area contributed by atoms with E-state index in [0.717, 1.165) is 8.95 Å². The quantitative estimate of drug-likeness (QED) is 0.807. The maximum absolute atomic E-state index is 10.4. The lowest BCUT2D eigenvalue weighted by molar-refractivity contribution is -0.130. The monoisotopic (exact) mass is 370 g/mol. The van der Waals surface area contributed by atoms with Crippen LogP contribution in [0.15, 0.2) is 57.5 Å². The second-order valence-corrected chi connectivity index (χ2v) is 5.71. The zero-order valence-electron chi connectivity index (χ0n) is 9.73. The van der Waals surface area contributed by atoms with Crippen molar-refractivity contribution in [3.05, 3.63) is 63.0 Å². The molecule has 0 amide bonds. The Hall–Kier alpha value is -0.840. The van der Waals surface area contributed by atoms with Crippen LogP contribution in [0, 0.1) is 0 Å². The molecular weight excluding hydrogens is 360 g/mol. The van der Waals surface area contributed by atoms with E-state index in [0.29, 0.717) is 11.3 Å². The fraction of sp³-hybridized carbons (Fsp3) is 0.143. The topological polar surface area (TPSA) is 29.5 Å². The normalized spacial score (nSPS) is 14.0. The summed E-state index contributed by atoms with van der Waals surface area (Å²) in [7, 11) is 0. The van der Waals surface area contributed by atoms with Gasteiger partial charge in [0.1, 0.15) is 0 Å². The van der Waals surface area contributed by atoms with Gasteiger partial charge < -0.3 is 9.84 Å². The van der Waals surface area contributed by atoms with Crippen LogP contribution in [0.1, 0.15) is 12.5 Å². The highest BCUT2D eigenvalue weighted by molar-refractivity contribution is 9.11. The molecule has 0 heterocycles. The van der Waals surface area contributed by atoms with Crippen molar-refractivity contribution in [2.24, 2.45) is 0 Å². The predicted octanol–water partition coefficient (Wildman–Crippen LogP) is 4.46. The van der Waals surface area contributed by atoms with E-state index in [1.165, 1.54) is 0 Å². The molecule has 0 saturated carbocycles. The lowest BCUT2D eigenvalue weighted by atomic mass is 10.1. The minimum absolute atomic E-state index is 0.575. The summed E-state index contributed by atoms with van der Waals surface area (Å²) in [6, 6.07) is 14.9. The van der Waals surface area contributed by atoms with Crippen LogP contribution in [0.5, 0.6) is 5.75 Å². The van der Waals surface area contributed by atoms with Gasteiger partial charge in [-0.2, -0.15) is 0 Å². The van der Waals surface area contributed by atoms with Gasteiger partial charge in [-0.15, -0.1) is 0 Å². The van der Waals surface area contributed by atoms with Crippen LogP contribution in [0.25, 0.3) is 0 Å².